The third-order valence-corrected chi connectivity index (χ3v) is 4.01. The van der Waals surface area contributed by atoms with E-state index in [0.29, 0.717) is 42.8 Å². The Morgan fingerprint density at radius 3 is 3.04 bits per heavy atom. The lowest BCUT2D eigenvalue weighted by molar-refractivity contribution is -0.00541. The molecule has 0 radical (unpaired) electrons. The number of pyridine rings is 1. The molecular weight excluding hydrogens is 322 g/mol. The number of rotatable bonds is 4. The van der Waals surface area contributed by atoms with Crippen LogP contribution in [0.2, 0.25) is 0 Å². The average molecular weight is 343 g/mol. The molecule has 1 atom stereocenters. The summed E-state index contributed by atoms with van der Waals surface area (Å²) in [6.07, 6.45) is 1.59. The Morgan fingerprint density at radius 1 is 1.44 bits per heavy atom. The summed E-state index contributed by atoms with van der Waals surface area (Å²) in [5.41, 5.74) is 1.24. The number of hydrogen-bond donors (Lipinski definition) is 1. The zero-order valence-electron chi connectivity index (χ0n) is 14.5. The van der Waals surface area contributed by atoms with Crippen LogP contribution in [0.15, 0.2) is 24.4 Å². The first kappa shape index (κ1) is 17.1. The van der Waals surface area contributed by atoms with Crippen LogP contribution in [0.1, 0.15) is 27.9 Å². The van der Waals surface area contributed by atoms with Crippen molar-refractivity contribution in [3.8, 4) is 5.88 Å². The Balaban J connectivity index is 1.96. The standard InChI is InChI=1S/C17H21N5O3/c1-11-9-14(18-2)21-15(20-11)13-10-25-8-7-22(13)17(23)12-5-4-6-19-16(12)24-3/h4-6,9,13H,7-8,10H2,1-3H3,(H,18,20,21). The van der Waals surface area contributed by atoms with Crippen LogP contribution in [0.5, 0.6) is 5.88 Å². The minimum Gasteiger partial charge on any atom is -0.480 e. The molecule has 25 heavy (non-hydrogen) atoms. The van der Waals surface area contributed by atoms with Crippen LogP contribution >= 0.6 is 0 Å². The van der Waals surface area contributed by atoms with E-state index in [4.69, 9.17) is 9.47 Å². The third kappa shape index (κ3) is 3.53. The topological polar surface area (TPSA) is 89.5 Å². The molecule has 3 rings (SSSR count). The van der Waals surface area contributed by atoms with Crippen molar-refractivity contribution >= 4 is 11.7 Å². The SMILES string of the molecule is CNc1cc(C)nc(C2COCCN2C(=O)c2cccnc2OC)n1. The molecule has 0 spiro atoms. The van der Waals surface area contributed by atoms with Crippen molar-refractivity contribution in [3.05, 3.63) is 41.5 Å². The van der Waals surface area contributed by atoms with Gasteiger partial charge in [-0.3, -0.25) is 4.79 Å². The highest BCUT2D eigenvalue weighted by molar-refractivity contribution is 5.96. The van der Waals surface area contributed by atoms with Gasteiger partial charge in [-0.25, -0.2) is 15.0 Å². The summed E-state index contributed by atoms with van der Waals surface area (Å²) in [6.45, 7) is 3.16. The summed E-state index contributed by atoms with van der Waals surface area (Å²) >= 11 is 0. The van der Waals surface area contributed by atoms with Crippen molar-refractivity contribution in [2.75, 3.05) is 39.2 Å². The zero-order valence-corrected chi connectivity index (χ0v) is 14.5. The highest BCUT2D eigenvalue weighted by atomic mass is 16.5. The normalized spacial score (nSPS) is 17.2. The molecule has 1 fully saturated rings. The Morgan fingerprint density at radius 2 is 2.28 bits per heavy atom. The molecule has 2 aromatic rings. The van der Waals surface area contributed by atoms with Crippen LogP contribution in [-0.4, -0.2) is 59.7 Å². The second-order valence-electron chi connectivity index (χ2n) is 5.65. The number of carbonyl (C=O) groups excluding carboxylic acids is 1. The fourth-order valence-electron chi connectivity index (χ4n) is 2.80. The predicted molar refractivity (Wildman–Crippen MR) is 91.7 cm³/mol. The van der Waals surface area contributed by atoms with Gasteiger partial charge in [0.1, 0.15) is 17.4 Å². The molecule has 1 aliphatic heterocycles. The van der Waals surface area contributed by atoms with E-state index >= 15 is 0 Å². The first-order chi connectivity index (χ1) is 12.1. The van der Waals surface area contributed by atoms with E-state index in [1.165, 1.54) is 7.11 Å². The van der Waals surface area contributed by atoms with Crippen LogP contribution in [0, 0.1) is 6.92 Å². The summed E-state index contributed by atoms with van der Waals surface area (Å²) in [6, 6.07) is 4.91. The van der Waals surface area contributed by atoms with Crippen LogP contribution in [0.4, 0.5) is 5.82 Å². The summed E-state index contributed by atoms with van der Waals surface area (Å²) in [7, 11) is 3.30. The van der Waals surface area contributed by atoms with Gasteiger partial charge in [0.05, 0.1) is 20.3 Å². The molecule has 1 aliphatic rings. The highest BCUT2D eigenvalue weighted by Crippen LogP contribution is 2.27. The van der Waals surface area contributed by atoms with E-state index in [2.05, 4.69) is 20.3 Å². The lowest BCUT2D eigenvalue weighted by atomic mass is 10.1. The Hall–Kier alpha value is -2.74. The van der Waals surface area contributed by atoms with Crippen molar-refractivity contribution in [1.29, 1.82) is 0 Å². The second-order valence-corrected chi connectivity index (χ2v) is 5.65. The van der Waals surface area contributed by atoms with Crippen LogP contribution in [0.25, 0.3) is 0 Å². The maximum atomic E-state index is 13.1. The predicted octanol–water partition coefficient (Wildman–Crippen LogP) is 1.44. The molecule has 2 aromatic heterocycles. The number of nitrogens with zero attached hydrogens (tertiary/aromatic N) is 4. The number of hydrogen-bond acceptors (Lipinski definition) is 7. The molecule has 0 bridgehead atoms. The van der Waals surface area contributed by atoms with Crippen LogP contribution in [-0.2, 0) is 4.74 Å². The van der Waals surface area contributed by atoms with Gasteiger partial charge >= 0.3 is 0 Å². The Bertz CT molecular complexity index is 768. The van der Waals surface area contributed by atoms with E-state index in [1.54, 1.807) is 30.3 Å². The van der Waals surface area contributed by atoms with Gasteiger partial charge in [0.2, 0.25) is 5.88 Å². The molecule has 8 nitrogen and oxygen atoms in total. The molecule has 0 aliphatic carbocycles. The number of amides is 1. The average Bonchev–Trinajstić information content (AvgIpc) is 2.66. The smallest absolute Gasteiger partial charge is 0.260 e. The molecule has 1 unspecified atom stereocenters. The molecule has 0 saturated carbocycles. The summed E-state index contributed by atoms with van der Waals surface area (Å²) < 4.78 is 10.8. The number of aryl methyl sites for hydroxylation is 1. The monoisotopic (exact) mass is 343 g/mol. The minimum absolute atomic E-state index is 0.172. The van der Waals surface area contributed by atoms with Gasteiger partial charge in [-0.2, -0.15) is 0 Å². The summed E-state index contributed by atoms with van der Waals surface area (Å²) in [4.78, 5) is 27.9. The molecular formula is C17H21N5O3. The van der Waals surface area contributed by atoms with Crippen molar-refractivity contribution in [2.45, 2.75) is 13.0 Å². The Labute approximate surface area is 146 Å². The first-order valence-corrected chi connectivity index (χ1v) is 8.05. The minimum atomic E-state index is -0.363. The molecule has 0 aromatic carbocycles. The number of nitrogens with one attached hydrogen (secondary N) is 1. The molecule has 1 amide bonds. The largest absolute Gasteiger partial charge is 0.480 e. The van der Waals surface area contributed by atoms with E-state index in [9.17, 15) is 4.79 Å². The van der Waals surface area contributed by atoms with Crippen molar-refractivity contribution < 1.29 is 14.3 Å². The first-order valence-electron chi connectivity index (χ1n) is 8.05. The van der Waals surface area contributed by atoms with Gasteiger partial charge in [0.15, 0.2) is 5.82 Å². The maximum Gasteiger partial charge on any atom is 0.260 e. The Kier molecular flexibility index (Phi) is 5.08. The van der Waals surface area contributed by atoms with Gasteiger partial charge in [-0.1, -0.05) is 0 Å². The maximum absolute atomic E-state index is 13.1. The van der Waals surface area contributed by atoms with E-state index < -0.39 is 0 Å². The number of carbonyl (C=O) groups is 1. The highest BCUT2D eigenvalue weighted by Gasteiger charge is 2.33. The lowest BCUT2D eigenvalue weighted by Gasteiger charge is -2.35. The van der Waals surface area contributed by atoms with Gasteiger partial charge in [-0.15, -0.1) is 0 Å². The number of methoxy groups -OCH3 is 1. The lowest BCUT2D eigenvalue weighted by Crippen LogP contribution is -2.44. The van der Waals surface area contributed by atoms with Gasteiger partial charge in [-0.05, 0) is 19.1 Å². The summed E-state index contributed by atoms with van der Waals surface area (Å²) in [5.74, 6) is 1.40. The zero-order chi connectivity index (χ0) is 17.8. The second kappa shape index (κ2) is 7.43. The van der Waals surface area contributed by atoms with E-state index in [1.807, 2.05) is 13.0 Å². The fourth-order valence-corrected chi connectivity index (χ4v) is 2.80. The van der Waals surface area contributed by atoms with Crippen LogP contribution < -0.4 is 10.1 Å². The van der Waals surface area contributed by atoms with Crippen molar-refractivity contribution in [1.82, 2.24) is 19.9 Å². The van der Waals surface area contributed by atoms with Gasteiger partial charge in [0, 0.05) is 31.5 Å². The third-order valence-electron chi connectivity index (χ3n) is 4.01. The van der Waals surface area contributed by atoms with Crippen molar-refractivity contribution in [3.63, 3.8) is 0 Å². The van der Waals surface area contributed by atoms with Crippen molar-refractivity contribution in [2.24, 2.45) is 0 Å². The van der Waals surface area contributed by atoms with E-state index in [0.717, 1.165) is 5.69 Å². The molecule has 8 heteroatoms. The molecule has 1 saturated heterocycles. The van der Waals surface area contributed by atoms with Crippen LogP contribution in [0.3, 0.4) is 0 Å². The molecule has 3 heterocycles. The molecule has 1 N–H and O–H groups in total. The van der Waals surface area contributed by atoms with Gasteiger partial charge < -0.3 is 19.7 Å². The van der Waals surface area contributed by atoms with Gasteiger partial charge in [0.25, 0.3) is 5.91 Å². The fraction of sp³-hybridized carbons (Fsp3) is 0.412. The number of aromatic nitrogens is 3. The molecule has 132 valence electrons. The number of ether oxygens (including phenoxy) is 2. The quantitative estimate of drug-likeness (QED) is 0.898. The number of morpholine rings is 1. The summed E-state index contributed by atoms with van der Waals surface area (Å²) in [5, 5.41) is 3.02. The number of anilines is 1. The van der Waals surface area contributed by atoms with E-state index in [-0.39, 0.29) is 11.9 Å².